The summed E-state index contributed by atoms with van der Waals surface area (Å²) in [6.07, 6.45) is 1.21. The zero-order chi connectivity index (χ0) is 14.6. The molecule has 1 saturated heterocycles. The van der Waals surface area contributed by atoms with Crippen LogP contribution < -0.4 is 0 Å². The van der Waals surface area contributed by atoms with Gasteiger partial charge in [0.1, 0.15) is 5.82 Å². The SMILES string of the molecule is CN(Cc1cc(F)ccc1C#N)CC1(O)CCOCC1. The first-order chi connectivity index (χ1) is 9.52. The molecule has 1 aliphatic heterocycles. The van der Waals surface area contributed by atoms with E-state index >= 15 is 0 Å². The molecule has 1 N–H and O–H groups in total. The van der Waals surface area contributed by atoms with Crippen molar-refractivity contribution in [2.75, 3.05) is 26.8 Å². The quantitative estimate of drug-likeness (QED) is 0.910. The van der Waals surface area contributed by atoms with Crippen LogP contribution in [0.15, 0.2) is 18.2 Å². The van der Waals surface area contributed by atoms with Crippen molar-refractivity contribution in [2.45, 2.75) is 25.0 Å². The molecule has 5 heteroatoms. The Balaban J connectivity index is 2.02. The fourth-order valence-corrected chi connectivity index (χ4v) is 2.56. The molecule has 2 rings (SSSR count). The number of ether oxygens (including phenoxy) is 1. The van der Waals surface area contributed by atoms with Crippen LogP contribution in [-0.4, -0.2) is 42.4 Å². The Morgan fingerprint density at radius 2 is 2.15 bits per heavy atom. The predicted octanol–water partition coefficient (Wildman–Crippen LogP) is 1.67. The maximum atomic E-state index is 13.3. The van der Waals surface area contributed by atoms with Crippen molar-refractivity contribution in [1.29, 1.82) is 5.26 Å². The van der Waals surface area contributed by atoms with Crippen molar-refractivity contribution in [2.24, 2.45) is 0 Å². The molecule has 1 heterocycles. The van der Waals surface area contributed by atoms with Crippen molar-refractivity contribution in [3.8, 4) is 6.07 Å². The largest absolute Gasteiger partial charge is 0.388 e. The zero-order valence-electron chi connectivity index (χ0n) is 11.6. The molecule has 0 aromatic heterocycles. The lowest BCUT2D eigenvalue weighted by Gasteiger charge is -2.35. The van der Waals surface area contributed by atoms with E-state index in [2.05, 4.69) is 6.07 Å². The van der Waals surface area contributed by atoms with Crippen molar-refractivity contribution in [3.05, 3.63) is 35.1 Å². The van der Waals surface area contributed by atoms with E-state index < -0.39 is 5.60 Å². The number of nitrogens with zero attached hydrogens (tertiary/aromatic N) is 2. The molecule has 0 saturated carbocycles. The molecule has 1 fully saturated rings. The van der Waals surface area contributed by atoms with Gasteiger partial charge in [0.05, 0.1) is 17.2 Å². The summed E-state index contributed by atoms with van der Waals surface area (Å²) in [5.41, 5.74) is 0.357. The molecule has 0 aliphatic carbocycles. The minimum atomic E-state index is -0.757. The summed E-state index contributed by atoms with van der Waals surface area (Å²) in [5.74, 6) is -0.350. The smallest absolute Gasteiger partial charge is 0.123 e. The minimum Gasteiger partial charge on any atom is -0.388 e. The first-order valence-electron chi connectivity index (χ1n) is 6.70. The molecule has 0 amide bonds. The van der Waals surface area contributed by atoms with Crippen LogP contribution in [-0.2, 0) is 11.3 Å². The van der Waals surface area contributed by atoms with E-state index in [0.717, 1.165) is 0 Å². The van der Waals surface area contributed by atoms with Gasteiger partial charge in [-0.3, -0.25) is 4.90 Å². The van der Waals surface area contributed by atoms with E-state index in [9.17, 15) is 9.50 Å². The number of aliphatic hydroxyl groups is 1. The van der Waals surface area contributed by atoms with Crippen LogP contribution in [0, 0.1) is 17.1 Å². The third-order valence-electron chi connectivity index (χ3n) is 3.62. The first-order valence-corrected chi connectivity index (χ1v) is 6.70. The average molecular weight is 278 g/mol. The van der Waals surface area contributed by atoms with Gasteiger partial charge in [0.25, 0.3) is 0 Å². The van der Waals surface area contributed by atoms with Gasteiger partial charge in [-0.2, -0.15) is 5.26 Å². The summed E-state index contributed by atoms with van der Waals surface area (Å²) in [7, 11) is 1.86. The molecular formula is C15H19FN2O2. The highest BCUT2D eigenvalue weighted by Crippen LogP contribution is 2.22. The number of likely N-dealkylation sites (N-methyl/N-ethyl adjacent to an activating group) is 1. The van der Waals surface area contributed by atoms with Gasteiger partial charge in [-0.25, -0.2) is 4.39 Å². The van der Waals surface area contributed by atoms with Crippen LogP contribution in [0.3, 0.4) is 0 Å². The highest BCUT2D eigenvalue weighted by Gasteiger charge is 2.31. The highest BCUT2D eigenvalue weighted by atomic mass is 19.1. The Kier molecular flexibility index (Phi) is 4.71. The topological polar surface area (TPSA) is 56.5 Å². The van der Waals surface area contributed by atoms with E-state index in [-0.39, 0.29) is 5.82 Å². The number of hydrogen-bond donors (Lipinski definition) is 1. The van der Waals surface area contributed by atoms with Crippen molar-refractivity contribution in [3.63, 3.8) is 0 Å². The standard InChI is InChI=1S/C15H19FN2O2/c1-18(11-15(19)4-6-20-7-5-15)10-13-8-14(16)3-2-12(13)9-17/h2-3,8,19H,4-7,10-11H2,1H3. The maximum Gasteiger partial charge on any atom is 0.123 e. The molecule has 1 aromatic rings. The molecule has 0 radical (unpaired) electrons. The molecule has 4 nitrogen and oxygen atoms in total. The van der Waals surface area contributed by atoms with E-state index in [4.69, 9.17) is 10.00 Å². The first kappa shape index (κ1) is 14.9. The van der Waals surface area contributed by atoms with Gasteiger partial charge in [-0.1, -0.05) is 0 Å². The zero-order valence-corrected chi connectivity index (χ0v) is 11.6. The normalized spacial score (nSPS) is 17.9. The average Bonchev–Trinajstić information content (AvgIpc) is 2.39. The molecular weight excluding hydrogens is 259 g/mol. The van der Waals surface area contributed by atoms with Gasteiger partial charge < -0.3 is 9.84 Å². The number of nitriles is 1. The fraction of sp³-hybridized carbons (Fsp3) is 0.533. The number of benzene rings is 1. The van der Waals surface area contributed by atoms with Gasteiger partial charge in [0.15, 0.2) is 0 Å². The second-order valence-corrected chi connectivity index (χ2v) is 5.42. The second-order valence-electron chi connectivity index (χ2n) is 5.42. The summed E-state index contributed by atoms with van der Waals surface area (Å²) in [4.78, 5) is 1.92. The van der Waals surface area contributed by atoms with Gasteiger partial charge in [-0.05, 0) is 30.8 Å². The summed E-state index contributed by atoms with van der Waals surface area (Å²) < 4.78 is 18.5. The van der Waals surface area contributed by atoms with Crippen molar-refractivity contribution >= 4 is 0 Å². The van der Waals surface area contributed by atoms with Crippen LogP contribution >= 0.6 is 0 Å². The van der Waals surface area contributed by atoms with Gasteiger partial charge in [0.2, 0.25) is 0 Å². The molecule has 0 atom stereocenters. The predicted molar refractivity (Wildman–Crippen MR) is 72.5 cm³/mol. The van der Waals surface area contributed by atoms with Crippen LogP contribution in [0.25, 0.3) is 0 Å². The maximum absolute atomic E-state index is 13.3. The lowest BCUT2D eigenvalue weighted by molar-refractivity contribution is -0.0777. The van der Waals surface area contributed by atoms with Crippen LogP contribution in [0.5, 0.6) is 0 Å². The Labute approximate surface area is 118 Å². The molecule has 1 aliphatic rings. The number of hydrogen-bond acceptors (Lipinski definition) is 4. The third kappa shape index (κ3) is 3.76. The number of halogens is 1. The lowest BCUT2D eigenvalue weighted by Crippen LogP contribution is -2.45. The fourth-order valence-electron chi connectivity index (χ4n) is 2.56. The van der Waals surface area contributed by atoms with E-state index in [1.54, 1.807) is 0 Å². The molecule has 0 bridgehead atoms. The second kappa shape index (κ2) is 6.31. The molecule has 0 spiro atoms. The van der Waals surface area contributed by atoms with Crippen LogP contribution in [0.2, 0.25) is 0 Å². The van der Waals surface area contributed by atoms with Crippen LogP contribution in [0.1, 0.15) is 24.0 Å². The van der Waals surface area contributed by atoms with Crippen molar-refractivity contribution in [1.82, 2.24) is 4.90 Å². The van der Waals surface area contributed by atoms with E-state index in [1.807, 2.05) is 11.9 Å². The van der Waals surface area contributed by atoms with E-state index in [1.165, 1.54) is 18.2 Å². The van der Waals surface area contributed by atoms with Gasteiger partial charge >= 0.3 is 0 Å². The highest BCUT2D eigenvalue weighted by molar-refractivity contribution is 5.37. The Hall–Kier alpha value is -1.48. The van der Waals surface area contributed by atoms with Gasteiger partial charge in [-0.15, -0.1) is 0 Å². The minimum absolute atomic E-state index is 0.350. The van der Waals surface area contributed by atoms with Crippen molar-refractivity contribution < 1.29 is 14.2 Å². The monoisotopic (exact) mass is 278 g/mol. The van der Waals surface area contributed by atoms with Crippen LogP contribution in [0.4, 0.5) is 4.39 Å². The lowest BCUT2D eigenvalue weighted by atomic mass is 9.93. The molecule has 1 aromatic carbocycles. The number of rotatable bonds is 4. The molecule has 0 unspecified atom stereocenters. The van der Waals surface area contributed by atoms with E-state index in [0.29, 0.717) is 50.3 Å². The summed E-state index contributed by atoms with van der Waals surface area (Å²) in [6.45, 7) is 2.04. The van der Waals surface area contributed by atoms with Gasteiger partial charge in [0, 0.05) is 39.1 Å². The Bertz CT molecular complexity index is 507. The molecule has 108 valence electrons. The summed E-state index contributed by atoms with van der Waals surface area (Å²) in [6, 6.07) is 6.22. The molecule has 20 heavy (non-hydrogen) atoms. The summed E-state index contributed by atoms with van der Waals surface area (Å²) >= 11 is 0. The Morgan fingerprint density at radius 1 is 1.45 bits per heavy atom. The summed E-state index contributed by atoms with van der Waals surface area (Å²) in [5, 5.41) is 19.5. The Morgan fingerprint density at radius 3 is 2.80 bits per heavy atom. The third-order valence-corrected chi connectivity index (χ3v) is 3.62.